The summed E-state index contributed by atoms with van der Waals surface area (Å²) in [6, 6.07) is 8.53. The fraction of sp³-hybridized carbons (Fsp3) is 0.240. The molecule has 2 bridgehead atoms. The molecule has 9 nitrogen and oxygen atoms in total. The van der Waals surface area contributed by atoms with Crippen molar-refractivity contribution in [2.45, 2.75) is 20.0 Å². The molecule has 0 unspecified atom stereocenters. The van der Waals surface area contributed by atoms with Crippen LogP contribution in [0.2, 0.25) is 0 Å². The molecule has 11 heteroatoms. The predicted octanol–water partition coefficient (Wildman–Crippen LogP) is 3.69. The van der Waals surface area contributed by atoms with E-state index in [1.807, 2.05) is 14.0 Å². The van der Waals surface area contributed by atoms with Gasteiger partial charge in [0.1, 0.15) is 18.5 Å². The van der Waals surface area contributed by atoms with Gasteiger partial charge in [-0.1, -0.05) is 0 Å². The van der Waals surface area contributed by atoms with E-state index in [1.54, 1.807) is 48.4 Å². The van der Waals surface area contributed by atoms with Gasteiger partial charge in [-0.2, -0.15) is 10.4 Å². The van der Waals surface area contributed by atoms with Crippen molar-refractivity contribution in [3.05, 3.63) is 63.1 Å². The van der Waals surface area contributed by atoms with Gasteiger partial charge in [0, 0.05) is 60.9 Å². The number of carbonyl (C=O) groups is 1. The molecule has 1 aromatic carbocycles. The number of aryl methyl sites for hydroxylation is 2. The number of benzene rings is 1. The third-order valence-electron chi connectivity index (χ3n) is 5.49. The maximum atomic E-state index is 14.1. The number of amides is 1. The topological polar surface area (TPSA) is 123 Å². The molecular weight excluding hydrogens is 481 g/mol. The number of thiazole rings is 1. The van der Waals surface area contributed by atoms with Gasteiger partial charge in [-0.3, -0.25) is 9.48 Å². The van der Waals surface area contributed by atoms with Crippen molar-refractivity contribution in [3.8, 4) is 34.2 Å². The highest BCUT2D eigenvalue weighted by Gasteiger charge is 2.24. The highest BCUT2D eigenvalue weighted by Crippen LogP contribution is 2.38. The zero-order chi connectivity index (χ0) is 26.0. The van der Waals surface area contributed by atoms with Crippen LogP contribution in [0.4, 0.5) is 10.2 Å². The van der Waals surface area contributed by atoms with Crippen molar-refractivity contribution in [2.75, 3.05) is 19.8 Å². The van der Waals surface area contributed by atoms with Crippen LogP contribution < -0.4 is 10.5 Å². The second kappa shape index (κ2) is 10.1. The first-order valence-electron chi connectivity index (χ1n) is 10.9. The van der Waals surface area contributed by atoms with Crippen molar-refractivity contribution >= 4 is 23.6 Å². The Morgan fingerprint density at radius 1 is 1.33 bits per heavy atom. The Balaban J connectivity index is 0.000000556. The van der Waals surface area contributed by atoms with Crippen LogP contribution in [0.5, 0.6) is 5.75 Å². The molecule has 1 aliphatic heterocycles. The molecule has 4 heterocycles. The van der Waals surface area contributed by atoms with E-state index in [0.717, 1.165) is 33.2 Å². The summed E-state index contributed by atoms with van der Waals surface area (Å²) in [6.45, 7) is 2.04. The number of hydrogen-bond acceptors (Lipinski definition) is 8. The van der Waals surface area contributed by atoms with Crippen LogP contribution in [0, 0.1) is 24.1 Å². The molecule has 1 amide bonds. The lowest BCUT2D eigenvalue weighted by Gasteiger charge is -2.15. The van der Waals surface area contributed by atoms with Crippen LogP contribution in [-0.4, -0.2) is 45.2 Å². The number of halogens is 1. The lowest BCUT2D eigenvalue weighted by molar-refractivity contribution is -0.115. The molecule has 184 valence electrons. The summed E-state index contributed by atoms with van der Waals surface area (Å²) in [5.74, 6) is 0.227. The fourth-order valence-electron chi connectivity index (χ4n) is 3.87. The largest absolute Gasteiger partial charge is 0.485 e. The summed E-state index contributed by atoms with van der Waals surface area (Å²) in [5, 5.41) is 15.0. The van der Waals surface area contributed by atoms with Crippen LogP contribution in [0.15, 0.2) is 30.5 Å². The number of carbonyl (C=O) groups excluding carboxylic acids is 1. The molecule has 0 atom stereocenters. The lowest BCUT2D eigenvalue weighted by Crippen LogP contribution is -2.06. The zero-order valence-corrected chi connectivity index (χ0v) is 21.1. The summed E-state index contributed by atoms with van der Waals surface area (Å²) >= 11 is 1.57. The number of fused-ring (bicyclic) bond motifs is 7. The second-order valence-corrected chi connectivity index (χ2v) is 9.64. The minimum Gasteiger partial charge on any atom is -0.485 e. The molecule has 3 aromatic heterocycles. The van der Waals surface area contributed by atoms with Gasteiger partial charge in [-0.15, -0.1) is 11.3 Å². The van der Waals surface area contributed by atoms with Gasteiger partial charge in [-0.05, 0) is 31.2 Å². The summed E-state index contributed by atoms with van der Waals surface area (Å²) in [6.07, 6.45) is 2.88. The smallest absolute Gasteiger partial charge is 0.209 e. The van der Waals surface area contributed by atoms with E-state index < -0.39 is 0 Å². The Kier molecular flexibility index (Phi) is 6.98. The number of aromatic nitrogens is 4. The van der Waals surface area contributed by atoms with Gasteiger partial charge in [-0.25, -0.2) is 14.4 Å². The van der Waals surface area contributed by atoms with Crippen molar-refractivity contribution < 1.29 is 13.9 Å². The number of nitriles is 1. The SMILES string of the molecule is CN(C)C=O.Cc1nc2c(s1)Cc1c(c(C#N)nn1C)-c1cnc(N)c(c1)OCc1cc(F)ccc1-2. The van der Waals surface area contributed by atoms with E-state index in [0.29, 0.717) is 34.6 Å². The standard InChI is InChI=1S/C22H17FN6OS.C3H7NO/c1-11-27-21-15-4-3-14(23)5-13(15)10-30-18-6-12(9-26-22(18)25)20-16(8-24)28-29(2)17(20)7-19(21)31-11;1-4(2)3-5/h3-6,9H,7,10H2,1-2H3,(H2,25,26);3H,1-2H3. The zero-order valence-electron chi connectivity index (χ0n) is 20.2. The lowest BCUT2D eigenvalue weighted by atomic mass is 9.99. The second-order valence-electron chi connectivity index (χ2n) is 8.35. The van der Waals surface area contributed by atoms with E-state index >= 15 is 0 Å². The molecule has 0 saturated carbocycles. The number of nitrogens with two attached hydrogens (primary N) is 1. The first-order chi connectivity index (χ1) is 17.2. The molecule has 36 heavy (non-hydrogen) atoms. The quantitative estimate of drug-likeness (QED) is 0.391. The van der Waals surface area contributed by atoms with Gasteiger partial charge in [0.2, 0.25) is 6.41 Å². The first-order valence-corrected chi connectivity index (χ1v) is 11.7. The summed E-state index contributed by atoms with van der Waals surface area (Å²) in [7, 11) is 5.19. The Hall–Kier alpha value is -4.30. The number of nitrogen functional groups attached to an aromatic ring is 1. The van der Waals surface area contributed by atoms with Gasteiger partial charge in [0.15, 0.2) is 17.3 Å². The molecule has 1 aliphatic rings. The minimum absolute atomic E-state index is 0.101. The third kappa shape index (κ3) is 4.89. The van der Waals surface area contributed by atoms with Crippen LogP contribution in [0.3, 0.4) is 0 Å². The summed E-state index contributed by atoms with van der Waals surface area (Å²) in [4.78, 5) is 20.9. The highest BCUT2D eigenvalue weighted by atomic mass is 32.1. The average molecular weight is 506 g/mol. The molecule has 2 N–H and O–H groups in total. The molecule has 0 spiro atoms. The van der Waals surface area contributed by atoms with E-state index in [4.69, 9.17) is 15.5 Å². The molecule has 0 aliphatic carbocycles. The van der Waals surface area contributed by atoms with E-state index in [-0.39, 0.29) is 18.2 Å². The van der Waals surface area contributed by atoms with Crippen LogP contribution in [-0.2, 0) is 24.9 Å². The number of nitrogens with zero attached hydrogens (tertiary/aromatic N) is 6. The molecule has 0 fully saturated rings. The number of ether oxygens (including phenoxy) is 1. The van der Waals surface area contributed by atoms with Gasteiger partial charge >= 0.3 is 0 Å². The minimum atomic E-state index is -0.352. The van der Waals surface area contributed by atoms with Gasteiger partial charge < -0.3 is 15.4 Å². The molecule has 0 saturated heterocycles. The molecule has 0 radical (unpaired) electrons. The Bertz CT molecular complexity index is 1490. The highest BCUT2D eigenvalue weighted by molar-refractivity contribution is 7.12. The third-order valence-corrected chi connectivity index (χ3v) is 6.46. The number of anilines is 1. The van der Waals surface area contributed by atoms with Crippen molar-refractivity contribution in [3.63, 3.8) is 0 Å². The summed E-state index contributed by atoms with van der Waals surface area (Å²) < 4.78 is 21.7. The first kappa shape index (κ1) is 24.8. The molecule has 4 aromatic rings. The fourth-order valence-corrected chi connectivity index (χ4v) is 4.83. The summed E-state index contributed by atoms with van der Waals surface area (Å²) in [5.41, 5.74) is 10.8. The van der Waals surface area contributed by atoms with Crippen molar-refractivity contribution in [1.29, 1.82) is 5.26 Å². The van der Waals surface area contributed by atoms with Crippen LogP contribution in [0.25, 0.3) is 22.4 Å². The van der Waals surface area contributed by atoms with Crippen molar-refractivity contribution in [2.24, 2.45) is 7.05 Å². The number of pyridine rings is 1. The normalized spacial score (nSPS) is 11.7. The maximum Gasteiger partial charge on any atom is 0.209 e. The maximum absolute atomic E-state index is 14.1. The van der Waals surface area contributed by atoms with Gasteiger partial charge in [0.05, 0.1) is 16.4 Å². The van der Waals surface area contributed by atoms with Crippen LogP contribution in [0.1, 0.15) is 26.8 Å². The molecule has 5 rings (SSSR count). The van der Waals surface area contributed by atoms with Gasteiger partial charge in [0.25, 0.3) is 0 Å². The monoisotopic (exact) mass is 505 g/mol. The number of rotatable bonds is 1. The Morgan fingerprint density at radius 3 is 2.78 bits per heavy atom. The molecular formula is C25H24FN7O2S. The average Bonchev–Trinajstić information content (AvgIpc) is 3.37. The van der Waals surface area contributed by atoms with Crippen molar-refractivity contribution in [1.82, 2.24) is 24.6 Å². The number of hydrogen-bond donors (Lipinski definition) is 1. The van der Waals surface area contributed by atoms with E-state index in [2.05, 4.69) is 16.2 Å². The van der Waals surface area contributed by atoms with E-state index in [9.17, 15) is 14.4 Å². The van der Waals surface area contributed by atoms with E-state index in [1.165, 1.54) is 17.0 Å². The predicted molar refractivity (Wildman–Crippen MR) is 135 cm³/mol. The van der Waals surface area contributed by atoms with Crippen LogP contribution >= 0.6 is 11.3 Å². The Morgan fingerprint density at radius 2 is 2.08 bits per heavy atom. The Labute approximate surface area is 211 Å².